The second-order valence-electron chi connectivity index (χ2n) is 6.27. The fourth-order valence-corrected chi connectivity index (χ4v) is 2.78. The number of hydrogen-bond acceptors (Lipinski definition) is 4. The van der Waals surface area contributed by atoms with Gasteiger partial charge in [0.05, 0.1) is 12.2 Å². The summed E-state index contributed by atoms with van der Waals surface area (Å²) in [7, 11) is 0. The summed E-state index contributed by atoms with van der Waals surface area (Å²) in [6.07, 6.45) is 1.71. The van der Waals surface area contributed by atoms with Crippen LogP contribution in [0.15, 0.2) is 0 Å². The minimum atomic E-state index is -0.555. The second-order valence-corrected chi connectivity index (χ2v) is 6.27. The molecule has 0 N–H and O–H groups in total. The number of carbonyl (C=O) groups excluding carboxylic acids is 2. The Balaban J connectivity index is 2.46. The molecule has 21 heavy (non-hydrogen) atoms. The van der Waals surface area contributed by atoms with E-state index in [4.69, 9.17) is 9.47 Å². The number of hydrogen-bond donors (Lipinski definition) is 0. The van der Waals surface area contributed by atoms with Gasteiger partial charge in [-0.1, -0.05) is 0 Å². The number of carbonyl (C=O) groups is 2. The quantitative estimate of drug-likeness (QED) is 0.804. The lowest BCUT2D eigenvalue weighted by molar-refractivity contribution is 0.00677. The number of nitrogens with zero attached hydrogens (tertiary/aromatic N) is 1. The molecule has 116 valence electrons. The van der Waals surface area contributed by atoms with Crippen molar-refractivity contribution in [3.63, 3.8) is 0 Å². The Labute approximate surface area is 125 Å². The first-order chi connectivity index (χ1) is 9.76. The summed E-state index contributed by atoms with van der Waals surface area (Å²) >= 11 is 0. The van der Waals surface area contributed by atoms with E-state index in [9.17, 15) is 9.59 Å². The van der Waals surface area contributed by atoms with Crippen molar-refractivity contribution in [2.45, 2.75) is 59.6 Å². The maximum Gasteiger partial charge on any atom is 0.355 e. The van der Waals surface area contributed by atoms with Gasteiger partial charge in [0, 0.05) is 12.2 Å². The zero-order chi connectivity index (χ0) is 15.8. The molecule has 0 aromatic carbocycles. The third-order valence-electron chi connectivity index (χ3n) is 3.48. The van der Waals surface area contributed by atoms with Crippen molar-refractivity contribution in [2.24, 2.45) is 0 Å². The van der Waals surface area contributed by atoms with Gasteiger partial charge >= 0.3 is 11.9 Å². The van der Waals surface area contributed by atoms with Crippen molar-refractivity contribution in [1.29, 1.82) is 0 Å². The zero-order valence-corrected chi connectivity index (χ0v) is 13.4. The van der Waals surface area contributed by atoms with Gasteiger partial charge in [-0.3, -0.25) is 0 Å². The van der Waals surface area contributed by atoms with Crippen LogP contribution in [0.4, 0.5) is 0 Å². The zero-order valence-electron chi connectivity index (χ0n) is 13.4. The van der Waals surface area contributed by atoms with Crippen LogP contribution in [0.1, 0.15) is 66.2 Å². The number of ether oxygens (including phenoxy) is 2. The molecule has 0 saturated carbocycles. The van der Waals surface area contributed by atoms with E-state index in [-0.39, 0.29) is 11.9 Å². The molecular formula is C16H23NO4. The molecule has 2 heterocycles. The highest BCUT2D eigenvalue weighted by Crippen LogP contribution is 2.30. The Bertz CT molecular complexity index is 578. The first-order valence-electron chi connectivity index (χ1n) is 7.38. The lowest BCUT2D eigenvalue weighted by atomic mass is 10.1. The highest BCUT2D eigenvalue weighted by molar-refractivity contribution is 5.99. The fraction of sp³-hybridized carbons (Fsp3) is 0.625. The summed E-state index contributed by atoms with van der Waals surface area (Å²) in [5.74, 6) is -0.728. The van der Waals surface area contributed by atoms with Crippen molar-refractivity contribution in [3.05, 3.63) is 22.5 Å². The summed E-state index contributed by atoms with van der Waals surface area (Å²) in [5.41, 5.74) is 2.03. The highest BCUT2D eigenvalue weighted by atomic mass is 16.6. The first kappa shape index (κ1) is 15.6. The van der Waals surface area contributed by atoms with Crippen molar-refractivity contribution < 1.29 is 19.1 Å². The van der Waals surface area contributed by atoms with Crippen molar-refractivity contribution in [2.75, 3.05) is 6.61 Å². The van der Waals surface area contributed by atoms with E-state index < -0.39 is 5.60 Å². The van der Waals surface area contributed by atoms with E-state index in [0.717, 1.165) is 25.1 Å². The predicted molar refractivity (Wildman–Crippen MR) is 78.6 cm³/mol. The van der Waals surface area contributed by atoms with Crippen LogP contribution >= 0.6 is 0 Å². The van der Waals surface area contributed by atoms with Crippen LogP contribution in [0.3, 0.4) is 0 Å². The van der Waals surface area contributed by atoms with Crippen molar-refractivity contribution >= 4 is 11.9 Å². The minimum absolute atomic E-state index is 0.320. The molecule has 5 heteroatoms. The molecule has 1 aromatic rings. The van der Waals surface area contributed by atoms with Crippen molar-refractivity contribution in [3.8, 4) is 0 Å². The molecule has 0 atom stereocenters. The average molecular weight is 293 g/mol. The van der Waals surface area contributed by atoms with Crippen LogP contribution in [0.2, 0.25) is 0 Å². The molecule has 0 amide bonds. The molecule has 0 unspecified atom stereocenters. The average Bonchev–Trinajstić information content (AvgIpc) is 2.85. The molecule has 0 saturated heterocycles. The summed E-state index contributed by atoms with van der Waals surface area (Å²) < 4.78 is 12.5. The third kappa shape index (κ3) is 2.96. The molecule has 0 fully saturated rings. The van der Waals surface area contributed by atoms with E-state index in [1.165, 1.54) is 0 Å². The number of rotatable bonds is 3. The van der Waals surface area contributed by atoms with Crippen LogP contribution in [-0.4, -0.2) is 28.7 Å². The predicted octanol–water partition coefficient (Wildman–Crippen LogP) is 2.87. The highest BCUT2D eigenvalue weighted by Gasteiger charge is 2.33. The molecule has 1 aromatic heterocycles. The van der Waals surface area contributed by atoms with Crippen LogP contribution in [0.25, 0.3) is 0 Å². The SMILES string of the molecule is CCOC(=O)c1c(C)c(C(=O)OC(C)(C)C)c2n1CCC2. The summed E-state index contributed by atoms with van der Waals surface area (Å²) in [4.78, 5) is 24.6. The summed E-state index contributed by atoms with van der Waals surface area (Å²) in [6, 6.07) is 0. The maximum atomic E-state index is 12.4. The lowest BCUT2D eigenvalue weighted by Gasteiger charge is -2.19. The molecule has 5 nitrogen and oxygen atoms in total. The molecule has 1 aliphatic heterocycles. The summed E-state index contributed by atoms with van der Waals surface area (Å²) in [5, 5.41) is 0. The maximum absolute atomic E-state index is 12.4. The normalized spacial score (nSPS) is 14.0. The Morgan fingerprint density at radius 2 is 1.90 bits per heavy atom. The van der Waals surface area contributed by atoms with E-state index in [1.807, 2.05) is 25.3 Å². The van der Waals surface area contributed by atoms with Gasteiger partial charge in [-0.25, -0.2) is 9.59 Å². The number of esters is 2. The molecule has 0 bridgehead atoms. The topological polar surface area (TPSA) is 57.5 Å². The Morgan fingerprint density at radius 3 is 2.48 bits per heavy atom. The van der Waals surface area contributed by atoms with Gasteiger partial charge < -0.3 is 14.0 Å². The smallest absolute Gasteiger partial charge is 0.355 e. The van der Waals surface area contributed by atoms with Crippen LogP contribution < -0.4 is 0 Å². The second kappa shape index (κ2) is 5.54. The third-order valence-corrected chi connectivity index (χ3v) is 3.48. The van der Waals surface area contributed by atoms with Crippen molar-refractivity contribution in [1.82, 2.24) is 4.57 Å². The lowest BCUT2D eigenvalue weighted by Crippen LogP contribution is -2.24. The number of aromatic nitrogens is 1. The molecule has 2 rings (SSSR count). The molecule has 0 aliphatic carbocycles. The Morgan fingerprint density at radius 1 is 1.24 bits per heavy atom. The standard InChI is InChI=1S/C16H23NO4/c1-6-20-15(19)13-10(2)12(11-8-7-9-17(11)13)14(18)21-16(3,4)5/h6-9H2,1-5H3. The monoisotopic (exact) mass is 293 g/mol. The van der Waals surface area contributed by atoms with Gasteiger partial charge in [-0.2, -0.15) is 0 Å². The van der Waals surface area contributed by atoms with Crippen LogP contribution in [0, 0.1) is 6.92 Å². The molecule has 0 spiro atoms. The van der Waals surface area contributed by atoms with E-state index in [2.05, 4.69) is 0 Å². The summed E-state index contributed by atoms with van der Waals surface area (Å²) in [6.45, 7) is 10.1. The van der Waals surface area contributed by atoms with Gasteiger partial charge in [0.1, 0.15) is 11.3 Å². The molecule has 0 radical (unpaired) electrons. The Hall–Kier alpha value is -1.78. The van der Waals surface area contributed by atoms with Gasteiger partial charge in [0.25, 0.3) is 0 Å². The van der Waals surface area contributed by atoms with Crippen LogP contribution in [-0.2, 0) is 22.4 Å². The fourth-order valence-electron chi connectivity index (χ4n) is 2.78. The number of fused-ring (bicyclic) bond motifs is 1. The first-order valence-corrected chi connectivity index (χ1v) is 7.38. The van der Waals surface area contributed by atoms with Gasteiger partial charge in [-0.05, 0) is 53.0 Å². The van der Waals surface area contributed by atoms with Gasteiger partial charge in [-0.15, -0.1) is 0 Å². The van der Waals surface area contributed by atoms with Crippen LogP contribution in [0.5, 0.6) is 0 Å². The molecule has 1 aliphatic rings. The molecular weight excluding hydrogens is 270 g/mol. The minimum Gasteiger partial charge on any atom is -0.461 e. The van der Waals surface area contributed by atoms with E-state index in [1.54, 1.807) is 13.8 Å². The van der Waals surface area contributed by atoms with Gasteiger partial charge in [0.2, 0.25) is 0 Å². The largest absolute Gasteiger partial charge is 0.461 e. The Kier molecular flexibility index (Phi) is 4.12. The van der Waals surface area contributed by atoms with E-state index >= 15 is 0 Å². The van der Waals surface area contributed by atoms with E-state index in [0.29, 0.717) is 23.4 Å². The van der Waals surface area contributed by atoms with Gasteiger partial charge in [0.15, 0.2) is 0 Å².